The van der Waals surface area contributed by atoms with Crippen LogP contribution in [0.4, 0.5) is 0 Å². The van der Waals surface area contributed by atoms with Gasteiger partial charge in [0.2, 0.25) is 0 Å². The smallest absolute Gasteiger partial charge is 0.339 e. The molecule has 0 bridgehead atoms. The molecule has 0 unspecified atom stereocenters. The Morgan fingerprint density at radius 1 is 1.30 bits per heavy atom. The molecule has 0 atom stereocenters. The lowest BCUT2D eigenvalue weighted by molar-refractivity contribution is 0.0692. The van der Waals surface area contributed by atoms with Crippen molar-refractivity contribution in [3.05, 3.63) is 42.2 Å². The molecule has 0 fully saturated rings. The van der Waals surface area contributed by atoms with Crippen molar-refractivity contribution in [2.75, 3.05) is 6.61 Å². The Morgan fingerprint density at radius 2 is 2.05 bits per heavy atom. The Balaban J connectivity index is 2.32. The van der Waals surface area contributed by atoms with Gasteiger partial charge in [0.05, 0.1) is 6.61 Å². The van der Waals surface area contributed by atoms with Gasteiger partial charge in [0.25, 0.3) is 0 Å². The summed E-state index contributed by atoms with van der Waals surface area (Å²) in [4.78, 5) is 19.5. The van der Waals surface area contributed by atoms with E-state index in [-0.39, 0.29) is 5.56 Å². The van der Waals surface area contributed by atoms with Gasteiger partial charge < -0.3 is 9.84 Å². The Kier molecular flexibility index (Phi) is 4.65. The maximum Gasteiger partial charge on any atom is 0.339 e. The predicted octanol–water partition coefficient (Wildman–Crippen LogP) is 3.02. The number of carboxylic acids is 1. The van der Waals surface area contributed by atoms with Crippen molar-refractivity contribution in [2.24, 2.45) is 0 Å². The van der Waals surface area contributed by atoms with Gasteiger partial charge in [-0.15, -0.1) is 0 Å². The number of aromatic carboxylic acids is 1. The van der Waals surface area contributed by atoms with E-state index in [1.54, 1.807) is 30.6 Å². The van der Waals surface area contributed by atoms with Gasteiger partial charge in [0.1, 0.15) is 11.3 Å². The number of carboxylic acid groups (broad SMARTS) is 1. The standard InChI is InChI=1S/C15H16N2O3/c1-2-3-9-20-13-10-11(5-6-12(13)15(18)19)14-16-7-4-8-17-14/h4-8,10H,2-3,9H2,1H3,(H,18,19). The first-order valence-electron chi connectivity index (χ1n) is 6.50. The molecule has 1 N–H and O–H groups in total. The molecule has 5 heteroatoms. The molecule has 1 aromatic carbocycles. The maximum atomic E-state index is 11.2. The van der Waals surface area contributed by atoms with Crippen molar-refractivity contribution in [2.45, 2.75) is 19.8 Å². The van der Waals surface area contributed by atoms with Gasteiger partial charge in [-0.2, -0.15) is 0 Å². The summed E-state index contributed by atoms with van der Waals surface area (Å²) in [5.74, 6) is -0.0993. The Bertz CT molecular complexity index is 585. The van der Waals surface area contributed by atoms with Crippen LogP contribution in [-0.2, 0) is 0 Å². The molecule has 0 aliphatic heterocycles. The zero-order chi connectivity index (χ0) is 14.4. The van der Waals surface area contributed by atoms with Gasteiger partial charge in [0, 0.05) is 18.0 Å². The topological polar surface area (TPSA) is 72.3 Å². The van der Waals surface area contributed by atoms with Crippen molar-refractivity contribution in [1.82, 2.24) is 9.97 Å². The lowest BCUT2D eigenvalue weighted by atomic mass is 10.1. The molecule has 20 heavy (non-hydrogen) atoms. The number of hydrogen-bond acceptors (Lipinski definition) is 4. The van der Waals surface area contributed by atoms with Crippen LogP contribution in [0.15, 0.2) is 36.7 Å². The number of rotatable bonds is 6. The highest BCUT2D eigenvalue weighted by atomic mass is 16.5. The number of hydrogen-bond donors (Lipinski definition) is 1. The molecular weight excluding hydrogens is 256 g/mol. The second-order valence-corrected chi connectivity index (χ2v) is 4.29. The second-order valence-electron chi connectivity index (χ2n) is 4.29. The molecule has 0 aliphatic rings. The molecule has 0 saturated carbocycles. The predicted molar refractivity (Wildman–Crippen MR) is 74.8 cm³/mol. The fraction of sp³-hybridized carbons (Fsp3) is 0.267. The second kappa shape index (κ2) is 6.65. The SMILES string of the molecule is CCCCOc1cc(-c2ncccn2)ccc1C(=O)O. The third-order valence-electron chi connectivity index (χ3n) is 2.79. The van der Waals surface area contributed by atoms with Gasteiger partial charge in [-0.3, -0.25) is 0 Å². The van der Waals surface area contributed by atoms with E-state index in [0.717, 1.165) is 18.4 Å². The van der Waals surface area contributed by atoms with Gasteiger partial charge >= 0.3 is 5.97 Å². The summed E-state index contributed by atoms with van der Waals surface area (Å²) in [6, 6.07) is 6.61. The summed E-state index contributed by atoms with van der Waals surface area (Å²) in [5, 5.41) is 9.17. The summed E-state index contributed by atoms with van der Waals surface area (Å²) in [5.41, 5.74) is 0.892. The monoisotopic (exact) mass is 272 g/mol. The molecule has 104 valence electrons. The molecule has 0 saturated heterocycles. The quantitative estimate of drug-likeness (QED) is 0.818. The summed E-state index contributed by atoms with van der Waals surface area (Å²) >= 11 is 0. The highest BCUT2D eigenvalue weighted by Crippen LogP contribution is 2.25. The summed E-state index contributed by atoms with van der Waals surface area (Å²) in [7, 11) is 0. The van der Waals surface area contributed by atoms with Gasteiger partial charge in [0.15, 0.2) is 5.82 Å². The Hall–Kier alpha value is -2.43. The highest BCUT2D eigenvalue weighted by Gasteiger charge is 2.13. The van der Waals surface area contributed by atoms with Crippen LogP contribution in [0.1, 0.15) is 30.1 Å². The number of ether oxygens (including phenoxy) is 1. The van der Waals surface area contributed by atoms with Crippen LogP contribution in [0, 0.1) is 0 Å². The minimum atomic E-state index is -1.00. The molecule has 2 aromatic rings. The molecule has 0 amide bonds. The largest absolute Gasteiger partial charge is 0.493 e. The average Bonchev–Trinajstić information content (AvgIpc) is 2.48. The Labute approximate surface area is 117 Å². The molecule has 1 aromatic heterocycles. The minimum absolute atomic E-state index is 0.154. The van der Waals surface area contributed by atoms with Crippen LogP contribution in [0.5, 0.6) is 5.75 Å². The Morgan fingerprint density at radius 3 is 2.70 bits per heavy atom. The van der Waals surface area contributed by atoms with Gasteiger partial charge in [-0.25, -0.2) is 14.8 Å². The van der Waals surface area contributed by atoms with Crippen LogP contribution in [0.3, 0.4) is 0 Å². The number of aromatic nitrogens is 2. The van der Waals surface area contributed by atoms with E-state index in [1.165, 1.54) is 6.07 Å². The van der Waals surface area contributed by atoms with Crippen LogP contribution >= 0.6 is 0 Å². The number of unbranched alkanes of at least 4 members (excludes halogenated alkanes) is 1. The molecule has 0 spiro atoms. The zero-order valence-corrected chi connectivity index (χ0v) is 11.2. The number of benzene rings is 1. The van der Waals surface area contributed by atoms with Crippen LogP contribution in [0.2, 0.25) is 0 Å². The van der Waals surface area contributed by atoms with Gasteiger partial charge in [-0.05, 0) is 24.6 Å². The first kappa shape index (κ1) is 14.0. The van der Waals surface area contributed by atoms with Crippen LogP contribution in [-0.4, -0.2) is 27.7 Å². The van der Waals surface area contributed by atoms with E-state index in [4.69, 9.17) is 4.74 Å². The van der Waals surface area contributed by atoms with Crippen LogP contribution in [0.25, 0.3) is 11.4 Å². The molecule has 1 heterocycles. The van der Waals surface area contributed by atoms with E-state index in [9.17, 15) is 9.90 Å². The molecular formula is C15H16N2O3. The van der Waals surface area contributed by atoms with E-state index in [1.807, 2.05) is 0 Å². The lowest BCUT2D eigenvalue weighted by Crippen LogP contribution is -2.05. The highest BCUT2D eigenvalue weighted by molar-refractivity contribution is 5.91. The zero-order valence-electron chi connectivity index (χ0n) is 11.2. The normalized spacial score (nSPS) is 10.2. The molecule has 5 nitrogen and oxygen atoms in total. The third-order valence-corrected chi connectivity index (χ3v) is 2.79. The van der Waals surface area contributed by atoms with Crippen molar-refractivity contribution < 1.29 is 14.6 Å². The van der Waals surface area contributed by atoms with E-state index in [0.29, 0.717) is 18.2 Å². The van der Waals surface area contributed by atoms with E-state index < -0.39 is 5.97 Å². The van der Waals surface area contributed by atoms with Crippen molar-refractivity contribution in [3.63, 3.8) is 0 Å². The summed E-state index contributed by atoms with van der Waals surface area (Å²) < 4.78 is 5.56. The van der Waals surface area contributed by atoms with Gasteiger partial charge in [-0.1, -0.05) is 19.4 Å². The number of nitrogens with zero attached hydrogens (tertiary/aromatic N) is 2. The van der Waals surface area contributed by atoms with Crippen LogP contribution < -0.4 is 4.74 Å². The minimum Gasteiger partial charge on any atom is -0.493 e. The maximum absolute atomic E-state index is 11.2. The number of carbonyl (C=O) groups is 1. The third kappa shape index (κ3) is 3.32. The fourth-order valence-electron chi connectivity index (χ4n) is 1.73. The van der Waals surface area contributed by atoms with Crippen molar-refractivity contribution in [3.8, 4) is 17.1 Å². The van der Waals surface area contributed by atoms with Crippen molar-refractivity contribution >= 4 is 5.97 Å². The van der Waals surface area contributed by atoms with Crippen molar-refractivity contribution in [1.29, 1.82) is 0 Å². The van der Waals surface area contributed by atoms with E-state index >= 15 is 0 Å². The fourth-order valence-corrected chi connectivity index (χ4v) is 1.73. The first-order valence-corrected chi connectivity index (χ1v) is 6.50. The molecule has 0 aliphatic carbocycles. The molecule has 0 radical (unpaired) electrons. The average molecular weight is 272 g/mol. The van der Waals surface area contributed by atoms with E-state index in [2.05, 4.69) is 16.9 Å². The summed E-state index contributed by atoms with van der Waals surface area (Å²) in [6.45, 7) is 2.55. The lowest BCUT2D eigenvalue weighted by Gasteiger charge is -2.10. The summed E-state index contributed by atoms with van der Waals surface area (Å²) in [6.07, 6.45) is 5.16. The molecule has 2 rings (SSSR count). The first-order chi connectivity index (χ1) is 9.72.